The Bertz CT molecular complexity index is 701. The molecule has 0 aliphatic heterocycles. The Morgan fingerprint density at radius 2 is 1.92 bits per heavy atom. The highest BCUT2D eigenvalue weighted by Crippen LogP contribution is 2.17. The molecule has 0 aliphatic carbocycles. The van der Waals surface area contributed by atoms with Crippen LogP contribution in [0.15, 0.2) is 41.8 Å². The van der Waals surface area contributed by atoms with E-state index < -0.39 is 6.04 Å². The third kappa shape index (κ3) is 4.58. The highest BCUT2D eigenvalue weighted by molar-refractivity contribution is 7.09. The Morgan fingerprint density at radius 3 is 2.50 bits per heavy atom. The molecular formula is C18H21ClN2O2S. The summed E-state index contributed by atoms with van der Waals surface area (Å²) in [7, 11) is 1.75. The standard InChI is InChI=1S/C18H21ClN2O2S/c1-12(2)16(18(23)21(3)11-13-7-6-10-24-13)20-17(22)14-8-4-5-9-15(14)19/h4-10,12,16H,11H2,1-3H3,(H,20,22). The van der Waals surface area contributed by atoms with E-state index in [4.69, 9.17) is 11.6 Å². The number of carbonyl (C=O) groups is 2. The molecule has 2 aromatic rings. The molecule has 1 heterocycles. The van der Waals surface area contributed by atoms with Crippen molar-refractivity contribution in [3.05, 3.63) is 57.2 Å². The Hall–Kier alpha value is -1.85. The van der Waals surface area contributed by atoms with Crippen molar-refractivity contribution in [2.75, 3.05) is 7.05 Å². The second-order valence-electron chi connectivity index (χ2n) is 5.95. The van der Waals surface area contributed by atoms with Crippen LogP contribution in [-0.4, -0.2) is 29.8 Å². The van der Waals surface area contributed by atoms with Crippen LogP contribution in [0.2, 0.25) is 5.02 Å². The molecule has 1 atom stereocenters. The average molecular weight is 365 g/mol. The Kier molecular flexibility index (Phi) is 6.40. The van der Waals surface area contributed by atoms with Gasteiger partial charge >= 0.3 is 0 Å². The van der Waals surface area contributed by atoms with E-state index in [9.17, 15) is 9.59 Å². The molecule has 1 N–H and O–H groups in total. The molecule has 0 fully saturated rings. The van der Waals surface area contributed by atoms with Crippen molar-refractivity contribution in [1.82, 2.24) is 10.2 Å². The van der Waals surface area contributed by atoms with Gasteiger partial charge in [-0.15, -0.1) is 11.3 Å². The number of benzene rings is 1. The summed E-state index contributed by atoms with van der Waals surface area (Å²) in [5.74, 6) is -0.481. The van der Waals surface area contributed by atoms with E-state index in [1.54, 1.807) is 47.5 Å². The molecule has 1 unspecified atom stereocenters. The van der Waals surface area contributed by atoms with Crippen LogP contribution < -0.4 is 5.32 Å². The highest BCUT2D eigenvalue weighted by atomic mass is 35.5. The van der Waals surface area contributed by atoms with E-state index in [1.165, 1.54) is 0 Å². The third-order valence-electron chi connectivity index (χ3n) is 3.69. The molecule has 0 aliphatic rings. The van der Waals surface area contributed by atoms with Gasteiger partial charge in [0.15, 0.2) is 0 Å². The van der Waals surface area contributed by atoms with Gasteiger partial charge in [-0.05, 0) is 29.5 Å². The molecule has 0 radical (unpaired) electrons. The van der Waals surface area contributed by atoms with Crippen LogP contribution in [0.25, 0.3) is 0 Å². The van der Waals surface area contributed by atoms with E-state index in [-0.39, 0.29) is 17.7 Å². The van der Waals surface area contributed by atoms with E-state index in [0.29, 0.717) is 17.1 Å². The molecule has 1 aromatic heterocycles. The van der Waals surface area contributed by atoms with Crippen LogP contribution in [0.5, 0.6) is 0 Å². The van der Waals surface area contributed by atoms with Crippen molar-refractivity contribution in [3.8, 4) is 0 Å². The van der Waals surface area contributed by atoms with Gasteiger partial charge in [-0.25, -0.2) is 0 Å². The predicted octanol–water partition coefficient (Wildman–Crippen LogP) is 3.81. The van der Waals surface area contributed by atoms with Gasteiger partial charge in [0, 0.05) is 11.9 Å². The number of rotatable bonds is 6. The molecule has 0 saturated heterocycles. The van der Waals surface area contributed by atoms with Crippen LogP contribution >= 0.6 is 22.9 Å². The number of likely N-dealkylation sites (N-methyl/N-ethyl adjacent to an activating group) is 1. The maximum atomic E-state index is 12.7. The summed E-state index contributed by atoms with van der Waals surface area (Å²) >= 11 is 7.67. The lowest BCUT2D eigenvalue weighted by Crippen LogP contribution is -2.50. The van der Waals surface area contributed by atoms with E-state index >= 15 is 0 Å². The summed E-state index contributed by atoms with van der Waals surface area (Å²) in [6.45, 7) is 4.35. The molecule has 2 rings (SSSR count). The SMILES string of the molecule is CC(C)C(NC(=O)c1ccccc1Cl)C(=O)N(C)Cc1cccs1. The molecule has 128 valence electrons. The highest BCUT2D eigenvalue weighted by Gasteiger charge is 2.28. The van der Waals surface area contributed by atoms with Crippen molar-refractivity contribution in [2.24, 2.45) is 5.92 Å². The lowest BCUT2D eigenvalue weighted by atomic mass is 10.0. The first-order valence-electron chi connectivity index (χ1n) is 7.73. The first kappa shape index (κ1) is 18.5. The van der Waals surface area contributed by atoms with Gasteiger partial charge in [0.25, 0.3) is 5.91 Å². The van der Waals surface area contributed by atoms with Gasteiger partial charge in [-0.2, -0.15) is 0 Å². The monoisotopic (exact) mass is 364 g/mol. The van der Waals surface area contributed by atoms with Gasteiger partial charge in [0.2, 0.25) is 5.91 Å². The fourth-order valence-corrected chi connectivity index (χ4v) is 3.31. The first-order chi connectivity index (χ1) is 11.4. The minimum atomic E-state index is -0.598. The summed E-state index contributed by atoms with van der Waals surface area (Å²) < 4.78 is 0. The molecule has 0 saturated carbocycles. The molecule has 6 heteroatoms. The molecular weight excluding hydrogens is 344 g/mol. The maximum absolute atomic E-state index is 12.7. The number of thiophene rings is 1. The van der Waals surface area contributed by atoms with E-state index in [0.717, 1.165) is 4.88 Å². The van der Waals surface area contributed by atoms with E-state index in [1.807, 2.05) is 31.4 Å². The normalized spacial score (nSPS) is 12.0. The van der Waals surface area contributed by atoms with Gasteiger partial charge in [0.05, 0.1) is 17.1 Å². The number of nitrogens with one attached hydrogen (secondary N) is 1. The quantitative estimate of drug-likeness (QED) is 0.847. The minimum absolute atomic E-state index is 0.0327. The fourth-order valence-electron chi connectivity index (χ4n) is 2.33. The lowest BCUT2D eigenvalue weighted by molar-refractivity contribution is -0.133. The maximum Gasteiger partial charge on any atom is 0.253 e. The Balaban J connectivity index is 2.09. The second-order valence-corrected chi connectivity index (χ2v) is 7.39. The lowest BCUT2D eigenvalue weighted by Gasteiger charge is -2.27. The smallest absolute Gasteiger partial charge is 0.253 e. The first-order valence-corrected chi connectivity index (χ1v) is 8.98. The average Bonchev–Trinajstić information content (AvgIpc) is 3.04. The van der Waals surface area contributed by atoms with Crippen LogP contribution in [0.1, 0.15) is 29.1 Å². The predicted molar refractivity (Wildman–Crippen MR) is 98.3 cm³/mol. The molecule has 1 aromatic carbocycles. The topological polar surface area (TPSA) is 49.4 Å². The van der Waals surface area contributed by atoms with Crippen molar-refractivity contribution < 1.29 is 9.59 Å². The molecule has 24 heavy (non-hydrogen) atoms. The number of hydrogen-bond acceptors (Lipinski definition) is 3. The fraction of sp³-hybridized carbons (Fsp3) is 0.333. The summed E-state index contributed by atoms with van der Waals surface area (Å²) in [4.78, 5) is 28.0. The van der Waals surface area contributed by atoms with Crippen LogP contribution in [0, 0.1) is 5.92 Å². The number of nitrogens with zero attached hydrogens (tertiary/aromatic N) is 1. The van der Waals surface area contributed by atoms with E-state index in [2.05, 4.69) is 5.32 Å². The summed E-state index contributed by atoms with van der Waals surface area (Å²) in [6.07, 6.45) is 0. The largest absolute Gasteiger partial charge is 0.340 e. The Labute approximate surface area is 151 Å². The third-order valence-corrected chi connectivity index (χ3v) is 4.88. The zero-order valence-corrected chi connectivity index (χ0v) is 15.5. The molecule has 0 bridgehead atoms. The van der Waals surface area contributed by atoms with Gasteiger partial charge in [0.1, 0.15) is 6.04 Å². The zero-order valence-electron chi connectivity index (χ0n) is 14.0. The van der Waals surface area contributed by atoms with Crippen molar-refractivity contribution in [2.45, 2.75) is 26.4 Å². The van der Waals surface area contributed by atoms with Gasteiger partial charge in [-0.3, -0.25) is 9.59 Å². The van der Waals surface area contributed by atoms with Crippen molar-refractivity contribution in [3.63, 3.8) is 0 Å². The number of halogens is 1. The molecule has 0 spiro atoms. The van der Waals surface area contributed by atoms with Crippen molar-refractivity contribution >= 4 is 34.8 Å². The molecule has 4 nitrogen and oxygen atoms in total. The number of hydrogen-bond donors (Lipinski definition) is 1. The molecule has 2 amide bonds. The summed E-state index contributed by atoms with van der Waals surface area (Å²) in [6, 6.07) is 10.2. The Morgan fingerprint density at radius 1 is 1.21 bits per heavy atom. The van der Waals surface area contributed by atoms with Crippen LogP contribution in [0.4, 0.5) is 0 Å². The van der Waals surface area contributed by atoms with Gasteiger partial charge in [-0.1, -0.05) is 43.6 Å². The van der Waals surface area contributed by atoms with Crippen LogP contribution in [0.3, 0.4) is 0 Å². The minimum Gasteiger partial charge on any atom is -0.340 e. The number of amides is 2. The number of carbonyl (C=O) groups excluding carboxylic acids is 2. The zero-order chi connectivity index (χ0) is 17.7. The van der Waals surface area contributed by atoms with Gasteiger partial charge < -0.3 is 10.2 Å². The summed E-state index contributed by atoms with van der Waals surface area (Å²) in [5.41, 5.74) is 0.374. The van der Waals surface area contributed by atoms with Crippen LogP contribution in [-0.2, 0) is 11.3 Å². The second kappa shape index (κ2) is 8.31. The van der Waals surface area contributed by atoms with Crippen molar-refractivity contribution in [1.29, 1.82) is 0 Å². The summed E-state index contributed by atoms with van der Waals surface area (Å²) in [5, 5.41) is 5.17.